The number of carbonyl (C=O) groups is 2. The lowest BCUT2D eigenvalue weighted by atomic mass is 10.1. The van der Waals surface area contributed by atoms with Crippen LogP contribution >= 0.6 is 0 Å². The summed E-state index contributed by atoms with van der Waals surface area (Å²) < 4.78 is 0. The highest BCUT2D eigenvalue weighted by Gasteiger charge is 2.18. The summed E-state index contributed by atoms with van der Waals surface area (Å²) in [5.41, 5.74) is 1.09. The molecular weight excluding hydrogens is 266 g/mol. The van der Waals surface area contributed by atoms with Crippen molar-refractivity contribution < 1.29 is 14.7 Å². The minimum atomic E-state index is -0.961. The summed E-state index contributed by atoms with van der Waals surface area (Å²) in [6.07, 6.45) is 6.98. The molecule has 4 nitrogen and oxygen atoms in total. The lowest BCUT2D eigenvalue weighted by Crippen LogP contribution is -2.40. The summed E-state index contributed by atoms with van der Waals surface area (Å²) in [6, 6.07) is 9.07. The van der Waals surface area contributed by atoms with Gasteiger partial charge in [-0.3, -0.25) is 4.79 Å². The van der Waals surface area contributed by atoms with Gasteiger partial charge in [0.15, 0.2) is 0 Å². The van der Waals surface area contributed by atoms with E-state index in [-0.39, 0.29) is 5.91 Å². The van der Waals surface area contributed by atoms with Crippen LogP contribution in [0, 0.1) is 0 Å². The number of carboxylic acids is 1. The van der Waals surface area contributed by atoms with E-state index in [4.69, 9.17) is 5.11 Å². The largest absolute Gasteiger partial charge is 0.480 e. The first kappa shape index (κ1) is 17.0. The second-order valence-electron chi connectivity index (χ2n) is 4.95. The normalized spacial score (nSPS) is 12.2. The van der Waals surface area contributed by atoms with Crippen molar-refractivity contribution in [2.24, 2.45) is 0 Å². The molecule has 0 fully saturated rings. The van der Waals surface area contributed by atoms with E-state index in [2.05, 4.69) is 5.32 Å². The Labute approximate surface area is 125 Å². The van der Waals surface area contributed by atoms with Gasteiger partial charge in [0, 0.05) is 6.42 Å². The predicted molar refractivity (Wildman–Crippen MR) is 83.8 cm³/mol. The summed E-state index contributed by atoms with van der Waals surface area (Å²) in [7, 11) is 0. The summed E-state index contributed by atoms with van der Waals surface area (Å²) >= 11 is 0. The molecule has 4 heteroatoms. The molecule has 1 amide bonds. The molecule has 114 valence electrons. The quantitative estimate of drug-likeness (QED) is 0.733. The summed E-state index contributed by atoms with van der Waals surface area (Å²) in [5, 5.41) is 11.6. The Morgan fingerprint density at radius 2 is 2.00 bits per heavy atom. The van der Waals surface area contributed by atoms with Crippen molar-refractivity contribution in [2.75, 3.05) is 0 Å². The van der Waals surface area contributed by atoms with Gasteiger partial charge in [-0.05, 0) is 18.4 Å². The molecule has 1 unspecified atom stereocenters. The van der Waals surface area contributed by atoms with E-state index in [1.54, 1.807) is 0 Å². The molecule has 1 rings (SSSR count). The average molecular weight is 289 g/mol. The Morgan fingerprint density at radius 1 is 1.29 bits per heavy atom. The van der Waals surface area contributed by atoms with Gasteiger partial charge in [-0.25, -0.2) is 4.79 Å². The molecule has 1 atom stereocenters. The topological polar surface area (TPSA) is 66.4 Å². The first-order valence-electron chi connectivity index (χ1n) is 7.37. The van der Waals surface area contributed by atoms with E-state index in [1.165, 1.54) is 0 Å². The van der Waals surface area contributed by atoms with Gasteiger partial charge >= 0.3 is 5.97 Å². The van der Waals surface area contributed by atoms with Gasteiger partial charge in [0.1, 0.15) is 6.04 Å². The average Bonchev–Trinajstić information content (AvgIpc) is 2.48. The fraction of sp³-hybridized carbons (Fsp3) is 0.412. The zero-order valence-electron chi connectivity index (χ0n) is 12.4. The van der Waals surface area contributed by atoms with Crippen molar-refractivity contribution in [2.45, 2.75) is 45.1 Å². The smallest absolute Gasteiger partial charge is 0.326 e. The summed E-state index contributed by atoms with van der Waals surface area (Å²) in [5.74, 6) is -1.17. The number of nitrogens with one attached hydrogen (secondary N) is 1. The molecule has 0 saturated heterocycles. The number of unbranched alkanes of at least 4 members (excludes halogenated alkanes) is 1. The first-order valence-corrected chi connectivity index (χ1v) is 7.37. The summed E-state index contributed by atoms with van der Waals surface area (Å²) in [4.78, 5) is 22.8. The van der Waals surface area contributed by atoms with Gasteiger partial charge in [-0.1, -0.05) is 62.2 Å². The standard InChI is InChI=1S/C17H23NO3/c1-2-3-12-15(17(20)21)18-16(19)13-8-7-11-14-9-5-4-6-10-14/h4-7,9-11,15H,2-3,8,12-13H2,1H3,(H,18,19)(H,20,21)/b11-7+. The minimum Gasteiger partial charge on any atom is -0.480 e. The first-order chi connectivity index (χ1) is 10.1. The Morgan fingerprint density at radius 3 is 2.62 bits per heavy atom. The number of hydrogen-bond donors (Lipinski definition) is 2. The SMILES string of the molecule is CCCCC(NC(=O)CC/C=C/c1ccccc1)C(=O)O. The molecule has 21 heavy (non-hydrogen) atoms. The van der Waals surface area contributed by atoms with Crippen LogP contribution in [0.1, 0.15) is 44.6 Å². The summed E-state index contributed by atoms with van der Waals surface area (Å²) in [6.45, 7) is 2.00. The third kappa shape index (κ3) is 7.30. The fourth-order valence-corrected chi connectivity index (χ4v) is 1.93. The van der Waals surface area contributed by atoms with Gasteiger partial charge in [0.2, 0.25) is 5.91 Å². The van der Waals surface area contributed by atoms with Crippen LogP contribution in [0.4, 0.5) is 0 Å². The number of aliphatic carboxylic acids is 1. The predicted octanol–water partition coefficient (Wildman–Crippen LogP) is 3.24. The van der Waals surface area contributed by atoms with E-state index < -0.39 is 12.0 Å². The van der Waals surface area contributed by atoms with Crippen LogP contribution in [0.25, 0.3) is 6.08 Å². The van der Waals surface area contributed by atoms with E-state index in [0.29, 0.717) is 19.3 Å². The molecule has 0 aliphatic carbocycles. The van der Waals surface area contributed by atoms with Crippen LogP contribution in [0.5, 0.6) is 0 Å². The number of rotatable bonds is 9. The molecule has 1 aromatic carbocycles. The van der Waals surface area contributed by atoms with Gasteiger partial charge in [0.05, 0.1) is 0 Å². The zero-order valence-corrected chi connectivity index (χ0v) is 12.4. The fourth-order valence-electron chi connectivity index (χ4n) is 1.93. The lowest BCUT2D eigenvalue weighted by Gasteiger charge is -2.13. The van der Waals surface area contributed by atoms with Crippen molar-refractivity contribution in [3.8, 4) is 0 Å². The molecule has 0 spiro atoms. The molecular formula is C17H23NO3. The van der Waals surface area contributed by atoms with E-state index in [0.717, 1.165) is 18.4 Å². The van der Waals surface area contributed by atoms with Gasteiger partial charge in [0.25, 0.3) is 0 Å². The van der Waals surface area contributed by atoms with E-state index in [9.17, 15) is 9.59 Å². The molecule has 2 N–H and O–H groups in total. The Balaban J connectivity index is 2.32. The van der Waals surface area contributed by atoms with Crippen molar-refractivity contribution in [1.82, 2.24) is 5.32 Å². The third-order valence-electron chi connectivity index (χ3n) is 3.13. The van der Waals surface area contributed by atoms with Gasteiger partial charge in [-0.2, -0.15) is 0 Å². The maximum Gasteiger partial charge on any atom is 0.326 e. The lowest BCUT2D eigenvalue weighted by molar-refractivity contribution is -0.142. The molecule has 0 saturated carbocycles. The Kier molecular flexibility index (Phi) is 7.87. The molecule has 1 aromatic rings. The molecule has 0 bridgehead atoms. The van der Waals surface area contributed by atoms with Crippen molar-refractivity contribution >= 4 is 18.0 Å². The molecule has 0 heterocycles. The van der Waals surface area contributed by atoms with Gasteiger partial charge in [-0.15, -0.1) is 0 Å². The maximum absolute atomic E-state index is 11.7. The number of carboxylic acid groups (broad SMARTS) is 1. The van der Waals surface area contributed by atoms with Crippen molar-refractivity contribution in [1.29, 1.82) is 0 Å². The monoisotopic (exact) mass is 289 g/mol. The third-order valence-corrected chi connectivity index (χ3v) is 3.13. The van der Waals surface area contributed by atoms with Crippen LogP contribution < -0.4 is 5.32 Å². The van der Waals surface area contributed by atoms with Crippen LogP contribution in [0.3, 0.4) is 0 Å². The number of benzene rings is 1. The molecule has 0 radical (unpaired) electrons. The molecule has 0 aliphatic heterocycles. The van der Waals surface area contributed by atoms with E-state index >= 15 is 0 Å². The minimum absolute atomic E-state index is 0.212. The zero-order chi connectivity index (χ0) is 15.5. The molecule has 0 aliphatic rings. The van der Waals surface area contributed by atoms with Crippen LogP contribution in [0.2, 0.25) is 0 Å². The number of carbonyl (C=O) groups excluding carboxylic acids is 1. The second kappa shape index (κ2) is 9.75. The highest BCUT2D eigenvalue weighted by molar-refractivity contribution is 5.83. The maximum atomic E-state index is 11.7. The number of amides is 1. The van der Waals surface area contributed by atoms with Crippen molar-refractivity contribution in [3.63, 3.8) is 0 Å². The van der Waals surface area contributed by atoms with Crippen LogP contribution in [-0.2, 0) is 9.59 Å². The number of allylic oxidation sites excluding steroid dienone is 1. The van der Waals surface area contributed by atoms with Crippen LogP contribution in [-0.4, -0.2) is 23.0 Å². The Hall–Kier alpha value is -2.10. The van der Waals surface area contributed by atoms with Gasteiger partial charge < -0.3 is 10.4 Å². The number of hydrogen-bond acceptors (Lipinski definition) is 2. The highest BCUT2D eigenvalue weighted by atomic mass is 16.4. The van der Waals surface area contributed by atoms with E-state index in [1.807, 2.05) is 49.4 Å². The van der Waals surface area contributed by atoms with Crippen LogP contribution in [0.15, 0.2) is 36.4 Å². The molecule has 0 aromatic heterocycles. The highest BCUT2D eigenvalue weighted by Crippen LogP contribution is 2.04. The Bertz CT molecular complexity index is 468. The van der Waals surface area contributed by atoms with Crippen molar-refractivity contribution in [3.05, 3.63) is 42.0 Å². The second-order valence-corrected chi connectivity index (χ2v) is 4.95.